The van der Waals surface area contributed by atoms with Gasteiger partial charge in [-0.1, -0.05) is 48.5 Å². The molecule has 25 heavy (non-hydrogen) atoms. The van der Waals surface area contributed by atoms with Gasteiger partial charge in [-0.3, -0.25) is 0 Å². The molecule has 0 saturated carbocycles. The molecule has 0 bridgehead atoms. The highest BCUT2D eigenvalue weighted by Crippen LogP contribution is 2.37. The Bertz CT molecular complexity index is 810. The van der Waals surface area contributed by atoms with E-state index in [1.165, 1.54) is 11.1 Å². The molecular weight excluding hydrogens is 312 g/mol. The lowest BCUT2D eigenvalue weighted by atomic mass is 9.85. The Morgan fingerprint density at radius 2 is 1.16 bits per heavy atom. The van der Waals surface area contributed by atoms with E-state index in [0.717, 1.165) is 22.8 Å². The molecule has 3 rings (SSSR count). The molecule has 0 aliphatic carbocycles. The van der Waals surface area contributed by atoms with Crippen molar-refractivity contribution in [1.29, 1.82) is 0 Å². The molecule has 0 spiro atoms. The Balaban J connectivity index is 2.11. The fraction of sp³-hybridized carbons (Fsp3) is 0.182. The highest BCUT2D eigenvalue weighted by atomic mass is 16.5. The highest BCUT2D eigenvalue weighted by Gasteiger charge is 2.18. The SMILES string of the molecule is COc1ccc(C(c2ccccc2)c2ccc(OC)c(OC)c2)cc1. The molecule has 0 amide bonds. The van der Waals surface area contributed by atoms with Crippen LogP contribution >= 0.6 is 0 Å². The number of ether oxygens (including phenoxy) is 3. The Kier molecular flexibility index (Phi) is 5.24. The minimum absolute atomic E-state index is 0.104. The summed E-state index contributed by atoms with van der Waals surface area (Å²) in [6, 6.07) is 24.7. The second-order valence-electron chi connectivity index (χ2n) is 5.73. The molecule has 0 radical (unpaired) electrons. The molecule has 3 aromatic carbocycles. The van der Waals surface area contributed by atoms with Gasteiger partial charge in [0.15, 0.2) is 11.5 Å². The van der Waals surface area contributed by atoms with Crippen LogP contribution in [0.3, 0.4) is 0 Å². The maximum absolute atomic E-state index is 5.49. The first-order valence-electron chi connectivity index (χ1n) is 8.17. The number of hydrogen-bond donors (Lipinski definition) is 0. The first kappa shape index (κ1) is 16.9. The lowest BCUT2D eigenvalue weighted by molar-refractivity contribution is 0.354. The van der Waals surface area contributed by atoms with Gasteiger partial charge in [0.05, 0.1) is 21.3 Å². The quantitative estimate of drug-likeness (QED) is 0.601. The molecule has 0 aliphatic rings. The summed E-state index contributed by atoms with van der Waals surface area (Å²) < 4.78 is 16.2. The summed E-state index contributed by atoms with van der Waals surface area (Å²) in [7, 11) is 4.99. The third-order valence-electron chi connectivity index (χ3n) is 4.32. The Labute approximate surface area is 148 Å². The summed E-state index contributed by atoms with van der Waals surface area (Å²) in [5.74, 6) is 2.41. The minimum Gasteiger partial charge on any atom is -0.497 e. The van der Waals surface area contributed by atoms with Crippen LogP contribution in [0.2, 0.25) is 0 Å². The number of hydrogen-bond acceptors (Lipinski definition) is 3. The molecule has 3 aromatic rings. The zero-order valence-electron chi connectivity index (χ0n) is 14.7. The Hall–Kier alpha value is -2.94. The van der Waals surface area contributed by atoms with E-state index in [4.69, 9.17) is 14.2 Å². The predicted molar refractivity (Wildman–Crippen MR) is 99.9 cm³/mol. The predicted octanol–water partition coefficient (Wildman–Crippen LogP) is 4.89. The van der Waals surface area contributed by atoms with Gasteiger partial charge in [-0.25, -0.2) is 0 Å². The average molecular weight is 334 g/mol. The Morgan fingerprint density at radius 3 is 1.76 bits per heavy atom. The van der Waals surface area contributed by atoms with Gasteiger partial charge in [0.25, 0.3) is 0 Å². The van der Waals surface area contributed by atoms with Crippen molar-refractivity contribution in [3.05, 3.63) is 89.5 Å². The first-order valence-corrected chi connectivity index (χ1v) is 8.17. The van der Waals surface area contributed by atoms with E-state index in [0.29, 0.717) is 0 Å². The van der Waals surface area contributed by atoms with Gasteiger partial charge in [0.1, 0.15) is 5.75 Å². The lowest BCUT2D eigenvalue weighted by Crippen LogP contribution is -2.04. The molecule has 0 N–H and O–H groups in total. The fourth-order valence-corrected chi connectivity index (χ4v) is 3.05. The summed E-state index contributed by atoms with van der Waals surface area (Å²) in [6.45, 7) is 0. The molecule has 1 atom stereocenters. The molecule has 1 unspecified atom stereocenters. The summed E-state index contributed by atoms with van der Waals surface area (Å²) in [5.41, 5.74) is 3.56. The number of benzene rings is 3. The van der Waals surface area contributed by atoms with Crippen LogP contribution in [-0.2, 0) is 0 Å². The first-order chi connectivity index (χ1) is 12.3. The molecule has 0 saturated heterocycles. The maximum Gasteiger partial charge on any atom is 0.161 e. The Morgan fingerprint density at radius 1 is 0.560 bits per heavy atom. The normalized spacial score (nSPS) is 11.6. The summed E-state index contributed by atoms with van der Waals surface area (Å²) in [4.78, 5) is 0. The summed E-state index contributed by atoms with van der Waals surface area (Å²) in [6.07, 6.45) is 0. The van der Waals surface area contributed by atoms with Crippen molar-refractivity contribution >= 4 is 0 Å². The summed E-state index contributed by atoms with van der Waals surface area (Å²) in [5, 5.41) is 0. The maximum atomic E-state index is 5.49. The molecule has 0 aromatic heterocycles. The van der Waals surface area contributed by atoms with Gasteiger partial charge >= 0.3 is 0 Å². The largest absolute Gasteiger partial charge is 0.497 e. The number of rotatable bonds is 6. The third-order valence-corrected chi connectivity index (χ3v) is 4.32. The molecule has 0 heterocycles. The smallest absolute Gasteiger partial charge is 0.161 e. The van der Waals surface area contributed by atoms with Crippen LogP contribution < -0.4 is 14.2 Å². The molecule has 3 nitrogen and oxygen atoms in total. The molecule has 0 fully saturated rings. The third kappa shape index (κ3) is 3.61. The van der Waals surface area contributed by atoms with Crippen LogP contribution in [0.4, 0.5) is 0 Å². The van der Waals surface area contributed by atoms with Crippen LogP contribution in [0.1, 0.15) is 22.6 Å². The van der Waals surface area contributed by atoms with Gasteiger partial charge in [0.2, 0.25) is 0 Å². The van der Waals surface area contributed by atoms with Crippen LogP contribution in [0.25, 0.3) is 0 Å². The molecule has 0 aliphatic heterocycles. The topological polar surface area (TPSA) is 27.7 Å². The second-order valence-corrected chi connectivity index (χ2v) is 5.73. The average Bonchev–Trinajstić information content (AvgIpc) is 2.69. The highest BCUT2D eigenvalue weighted by molar-refractivity contribution is 5.50. The lowest BCUT2D eigenvalue weighted by Gasteiger charge is -2.20. The standard InChI is InChI=1S/C22H22O3/c1-23-19-12-9-17(10-13-19)22(16-7-5-4-6-8-16)18-11-14-20(24-2)21(15-18)25-3/h4-15,22H,1-3H3. The van der Waals surface area contributed by atoms with E-state index >= 15 is 0 Å². The van der Waals surface area contributed by atoms with E-state index < -0.39 is 0 Å². The van der Waals surface area contributed by atoms with E-state index in [-0.39, 0.29) is 5.92 Å². The van der Waals surface area contributed by atoms with Crippen LogP contribution in [-0.4, -0.2) is 21.3 Å². The van der Waals surface area contributed by atoms with Crippen molar-refractivity contribution in [2.24, 2.45) is 0 Å². The van der Waals surface area contributed by atoms with E-state index in [1.807, 2.05) is 30.3 Å². The van der Waals surface area contributed by atoms with Gasteiger partial charge < -0.3 is 14.2 Å². The van der Waals surface area contributed by atoms with E-state index in [9.17, 15) is 0 Å². The van der Waals surface area contributed by atoms with Gasteiger partial charge in [-0.2, -0.15) is 0 Å². The molecule has 3 heteroatoms. The molecule has 128 valence electrons. The van der Waals surface area contributed by atoms with Gasteiger partial charge in [-0.05, 0) is 41.0 Å². The van der Waals surface area contributed by atoms with Crippen molar-refractivity contribution in [2.75, 3.05) is 21.3 Å². The number of methoxy groups -OCH3 is 3. The van der Waals surface area contributed by atoms with E-state index in [2.05, 4.69) is 42.5 Å². The summed E-state index contributed by atoms with van der Waals surface area (Å²) >= 11 is 0. The second kappa shape index (κ2) is 7.75. The van der Waals surface area contributed by atoms with Gasteiger partial charge in [-0.15, -0.1) is 0 Å². The van der Waals surface area contributed by atoms with Crippen molar-refractivity contribution in [1.82, 2.24) is 0 Å². The van der Waals surface area contributed by atoms with Crippen LogP contribution in [0.15, 0.2) is 72.8 Å². The van der Waals surface area contributed by atoms with Crippen molar-refractivity contribution in [2.45, 2.75) is 5.92 Å². The van der Waals surface area contributed by atoms with Crippen molar-refractivity contribution in [3.63, 3.8) is 0 Å². The fourth-order valence-electron chi connectivity index (χ4n) is 3.05. The zero-order valence-corrected chi connectivity index (χ0v) is 14.7. The van der Waals surface area contributed by atoms with Crippen molar-refractivity contribution < 1.29 is 14.2 Å². The minimum atomic E-state index is 0.104. The zero-order chi connectivity index (χ0) is 17.6. The molecular formula is C22H22O3. The van der Waals surface area contributed by atoms with Gasteiger partial charge in [0, 0.05) is 5.92 Å². The van der Waals surface area contributed by atoms with Crippen LogP contribution in [0.5, 0.6) is 17.2 Å². The van der Waals surface area contributed by atoms with Crippen LogP contribution in [0, 0.1) is 0 Å². The van der Waals surface area contributed by atoms with E-state index in [1.54, 1.807) is 21.3 Å². The van der Waals surface area contributed by atoms with Crippen molar-refractivity contribution in [3.8, 4) is 17.2 Å². The monoisotopic (exact) mass is 334 g/mol.